The van der Waals surface area contributed by atoms with Crippen molar-refractivity contribution in [1.29, 1.82) is 5.26 Å². The van der Waals surface area contributed by atoms with Crippen LogP contribution in [0.25, 0.3) is 0 Å². The molecule has 0 saturated carbocycles. The van der Waals surface area contributed by atoms with Crippen LogP contribution in [0.15, 0.2) is 36.4 Å². The number of hydrogen-bond acceptors (Lipinski definition) is 3. The van der Waals surface area contributed by atoms with Crippen molar-refractivity contribution in [2.75, 3.05) is 0 Å². The van der Waals surface area contributed by atoms with E-state index in [4.69, 9.17) is 15.7 Å². The third kappa shape index (κ3) is 2.79. The summed E-state index contributed by atoms with van der Waals surface area (Å²) in [5.41, 5.74) is 7.71. The molecule has 0 saturated heterocycles. The van der Waals surface area contributed by atoms with Gasteiger partial charge in [0.1, 0.15) is 5.75 Å². The maximum absolute atomic E-state index is 14.0. The highest BCUT2D eigenvalue weighted by Gasteiger charge is 2.15. The van der Waals surface area contributed by atoms with Crippen molar-refractivity contribution in [1.82, 2.24) is 0 Å². The lowest BCUT2D eigenvalue weighted by atomic mass is 10.1. The van der Waals surface area contributed by atoms with Crippen LogP contribution in [0.1, 0.15) is 29.7 Å². The number of hydrogen-bond donors (Lipinski definition) is 1. The summed E-state index contributed by atoms with van der Waals surface area (Å²) in [5.74, 6) is 0.0956. The summed E-state index contributed by atoms with van der Waals surface area (Å²) in [6, 6.07) is 11.4. The van der Waals surface area contributed by atoms with Crippen molar-refractivity contribution in [2.24, 2.45) is 5.73 Å². The molecule has 4 heteroatoms. The summed E-state index contributed by atoms with van der Waals surface area (Å²) in [6.45, 7) is 3.60. The van der Waals surface area contributed by atoms with Gasteiger partial charge in [-0.2, -0.15) is 5.26 Å². The zero-order valence-electron chi connectivity index (χ0n) is 11.4. The number of ether oxygens (including phenoxy) is 1. The molecule has 2 N–H and O–H groups in total. The number of rotatable bonds is 3. The van der Waals surface area contributed by atoms with Crippen LogP contribution in [0.5, 0.6) is 11.5 Å². The first-order valence-electron chi connectivity index (χ1n) is 6.25. The third-order valence-corrected chi connectivity index (χ3v) is 3.02. The summed E-state index contributed by atoms with van der Waals surface area (Å²) in [6.07, 6.45) is 0. The van der Waals surface area contributed by atoms with Crippen molar-refractivity contribution in [2.45, 2.75) is 19.9 Å². The molecular weight excluding hydrogens is 255 g/mol. The fraction of sp³-hybridized carbons (Fsp3) is 0.188. The first-order chi connectivity index (χ1) is 9.52. The molecule has 0 spiro atoms. The summed E-state index contributed by atoms with van der Waals surface area (Å²) < 4.78 is 19.6. The molecule has 0 radical (unpaired) electrons. The molecule has 2 aromatic rings. The lowest BCUT2D eigenvalue weighted by Gasteiger charge is -2.15. The molecule has 0 aliphatic rings. The number of para-hydroxylation sites is 1. The van der Waals surface area contributed by atoms with Gasteiger partial charge >= 0.3 is 0 Å². The van der Waals surface area contributed by atoms with Crippen molar-refractivity contribution in [3.05, 3.63) is 58.9 Å². The van der Waals surface area contributed by atoms with Gasteiger partial charge in [0.15, 0.2) is 11.6 Å². The SMILES string of the molecule is Cc1ccc(C#N)cc1Oc1c(F)cccc1[C@@H](C)N. The van der Waals surface area contributed by atoms with Gasteiger partial charge in [-0.25, -0.2) is 4.39 Å². The Labute approximate surface area is 117 Å². The van der Waals surface area contributed by atoms with Crippen molar-refractivity contribution in [3.63, 3.8) is 0 Å². The molecule has 20 heavy (non-hydrogen) atoms. The maximum Gasteiger partial charge on any atom is 0.167 e. The van der Waals surface area contributed by atoms with Crippen LogP contribution in [-0.2, 0) is 0 Å². The molecule has 2 rings (SSSR count). The molecule has 0 aliphatic heterocycles. The molecule has 0 amide bonds. The Bertz CT molecular complexity index is 675. The van der Waals surface area contributed by atoms with Crippen LogP contribution in [0.4, 0.5) is 4.39 Å². The third-order valence-electron chi connectivity index (χ3n) is 3.02. The number of benzene rings is 2. The van der Waals surface area contributed by atoms with E-state index in [-0.39, 0.29) is 11.8 Å². The summed E-state index contributed by atoms with van der Waals surface area (Å²) in [7, 11) is 0. The lowest BCUT2D eigenvalue weighted by molar-refractivity contribution is 0.430. The lowest BCUT2D eigenvalue weighted by Crippen LogP contribution is -2.08. The Hall–Kier alpha value is -2.38. The minimum absolute atomic E-state index is 0.112. The summed E-state index contributed by atoms with van der Waals surface area (Å²) in [4.78, 5) is 0. The van der Waals surface area contributed by atoms with Gasteiger partial charge in [0.2, 0.25) is 0 Å². The Balaban J connectivity index is 2.48. The molecular formula is C16H15FN2O. The topological polar surface area (TPSA) is 59.0 Å². The highest BCUT2D eigenvalue weighted by molar-refractivity contribution is 5.46. The minimum atomic E-state index is -0.471. The molecule has 3 nitrogen and oxygen atoms in total. The van der Waals surface area contributed by atoms with Gasteiger partial charge in [-0.3, -0.25) is 0 Å². The van der Waals surface area contributed by atoms with Crippen LogP contribution < -0.4 is 10.5 Å². The molecule has 0 heterocycles. The largest absolute Gasteiger partial charge is 0.454 e. The highest BCUT2D eigenvalue weighted by Crippen LogP contribution is 2.33. The monoisotopic (exact) mass is 270 g/mol. The number of halogens is 1. The smallest absolute Gasteiger partial charge is 0.167 e. The summed E-state index contributed by atoms with van der Waals surface area (Å²) in [5, 5.41) is 8.92. The zero-order chi connectivity index (χ0) is 14.7. The van der Waals surface area contributed by atoms with E-state index in [0.717, 1.165) is 5.56 Å². The molecule has 0 bridgehead atoms. The van der Waals surface area contributed by atoms with Crippen molar-refractivity contribution >= 4 is 0 Å². The van der Waals surface area contributed by atoms with Crippen LogP contribution in [0.3, 0.4) is 0 Å². The normalized spacial score (nSPS) is 11.8. The average Bonchev–Trinajstić information content (AvgIpc) is 2.43. The molecule has 1 atom stereocenters. The van der Waals surface area contributed by atoms with E-state index in [1.54, 1.807) is 37.3 Å². The van der Waals surface area contributed by atoms with Crippen LogP contribution >= 0.6 is 0 Å². The van der Waals surface area contributed by atoms with E-state index < -0.39 is 5.82 Å². The van der Waals surface area contributed by atoms with E-state index in [1.807, 2.05) is 13.0 Å². The predicted octanol–water partition coefficient (Wildman–Crippen LogP) is 3.82. The van der Waals surface area contributed by atoms with E-state index in [0.29, 0.717) is 16.9 Å². The van der Waals surface area contributed by atoms with Crippen molar-refractivity contribution in [3.8, 4) is 17.6 Å². The van der Waals surface area contributed by atoms with Gasteiger partial charge in [-0.15, -0.1) is 0 Å². The quantitative estimate of drug-likeness (QED) is 0.922. The number of nitrogens with two attached hydrogens (primary N) is 1. The molecule has 0 aliphatic carbocycles. The van der Waals surface area contributed by atoms with Crippen LogP contribution in [-0.4, -0.2) is 0 Å². The fourth-order valence-electron chi connectivity index (χ4n) is 1.88. The molecule has 2 aromatic carbocycles. The number of aryl methyl sites for hydroxylation is 1. The van der Waals surface area contributed by atoms with Gasteiger partial charge in [0, 0.05) is 11.6 Å². The van der Waals surface area contributed by atoms with Crippen LogP contribution in [0, 0.1) is 24.1 Å². The second kappa shape index (κ2) is 5.72. The van der Waals surface area contributed by atoms with Gasteiger partial charge in [0.25, 0.3) is 0 Å². The first kappa shape index (κ1) is 14.0. The van der Waals surface area contributed by atoms with Gasteiger partial charge in [-0.1, -0.05) is 18.2 Å². The molecule has 102 valence electrons. The van der Waals surface area contributed by atoms with E-state index in [9.17, 15) is 4.39 Å². The minimum Gasteiger partial charge on any atom is -0.454 e. The van der Waals surface area contributed by atoms with E-state index >= 15 is 0 Å². The Kier molecular flexibility index (Phi) is 4.02. The number of nitrogens with zero attached hydrogens (tertiary/aromatic N) is 1. The molecule has 0 unspecified atom stereocenters. The van der Waals surface area contributed by atoms with Crippen LogP contribution in [0.2, 0.25) is 0 Å². The Morgan fingerprint density at radius 1 is 1.30 bits per heavy atom. The average molecular weight is 270 g/mol. The summed E-state index contributed by atoms with van der Waals surface area (Å²) >= 11 is 0. The zero-order valence-corrected chi connectivity index (χ0v) is 11.4. The Morgan fingerprint density at radius 2 is 2.05 bits per heavy atom. The molecule has 0 fully saturated rings. The standard InChI is InChI=1S/C16H15FN2O/c1-10-6-7-12(9-18)8-15(10)20-16-13(11(2)19)4-3-5-14(16)17/h3-8,11H,19H2,1-2H3/t11-/m1/s1. The van der Waals surface area contributed by atoms with Gasteiger partial charge in [-0.05, 0) is 37.6 Å². The van der Waals surface area contributed by atoms with Crippen molar-refractivity contribution < 1.29 is 9.13 Å². The second-order valence-electron chi connectivity index (χ2n) is 4.64. The predicted molar refractivity (Wildman–Crippen MR) is 75.0 cm³/mol. The Morgan fingerprint density at radius 3 is 2.70 bits per heavy atom. The maximum atomic E-state index is 14.0. The first-order valence-corrected chi connectivity index (χ1v) is 6.25. The van der Waals surface area contributed by atoms with Gasteiger partial charge in [0.05, 0.1) is 11.6 Å². The van der Waals surface area contributed by atoms with E-state index in [2.05, 4.69) is 0 Å². The number of nitriles is 1. The fourth-order valence-corrected chi connectivity index (χ4v) is 1.88. The van der Waals surface area contributed by atoms with Gasteiger partial charge < -0.3 is 10.5 Å². The molecule has 0 aromatic heterocycles. The highest BCUT2D eigenvalue weighted by atomic mass is 19.1. The van der Waals surface area contributed by atoms with E-state index in [1.165, 1.54) is 6.07 Å². The second-order valence-corrected chi connectivity index (χ2v) is 4.64.